The van der Waals surface area contributed by atoms with Crippen molar-refractivity contribution < 1.29 is 9.53 Å². The second kappa shape index (κ2) is 6.44. The van der Waals surface area contributed by atoms with E-state index in [1.54, 1.807) is 13.2 Å². The van der Waals surface area contributed by atoms with Crippen LogP contribution in [-0.2, 0) is 6.54 Å². The van der Waals surface area contributed by atoms with Gasteiger partial charge in [0.2, 0.25) is 0 Å². The molecule has 2 aromatic rings. The smallest absolute Gasteiger partial charge is 0.254 e. The Labute approximate surface area is 136 Å². The van der Waals surface area contributed by atoms with Gasteiger partial charge in [-0.05, 0) is 18.2 Å². The number of aromatic nitrogens is 2. The Balaban J connectivity index is 1.58. The van der Waals surface area contributed by atoms with Gasteiger partial charge in [0.05, 0.1) is 7.11 Å². The summed E-state index contributed by atoms with van der Waals surface area (Å²) in [4.78, 5) is 18.8. The quantitative estimate of drug-likeness (QED) is 0.853. The van der Waals surface area contributed by atoms with Crippen molar-refractivity contribution in [3.8, 4) is 5.75 Å². The standard InChI is InChI=1S/C18H23N3O2/c1-13(2)17-19-7-8-20(17)10-14-11-21(12-14)18(22)15-5-4-6-16(9-15)23-3/h4-9,13-14H,10-12H2,1-3H3. The number of methoxy groups -OCH3 is 1. The molecule has 0 bridgehead atoms. The topological polar surface area (TPSA) is 47.4 Å². The molecule has 0 spiro atoms. The van der Waals surface area contributed by atoms with Crippen molar-refractivity contribution in [3.05, 3.63) is 48.0 Å². The van der Waals surface area contributed by atoms with Crippen LogP contribution in [0.25, 0.3) is 0 Å². The van der Waals surface area contributed by atoms with Crippen LogP contribution in [0.2, 0.25) is 0 Å². The number of amides is 1. The molecule has 2 heterocycles. The molecule has 1 aliphatic heterocycles. The Bertz CT molecular complexity index is 687. The van der Waals surface area contributed by atoms with E-state index in [1.807, 2.05) is 35.5 Å². The lowest BCUT2D eigenvalue weighted by Gasteiger charge is -2.39. The van der Waals surface area contributed by atoms with Gasteiger partial charge in [-0.15, -0.1) is 0 Å². The molecule has 0 radical (unpaired) electrons. The average molecular weight is 313 g/mol. The van der Waals surface area contributed by atoms with Crippen LogP contribution in [0.5, 0.6) is 5.75 Å². The maximum atomic E-state index is 12.5. The fraction of sp³-hybridized carbons (Fsp3) is 0.444. The summed E-state index contributed by atoms with van der Waals surface area (Å²) >= 11 is 0. The van der Waals surface area contributed by atoms with Crippen molar-refractivity contribution >= 4 is 5.91 Å². The molecule has 1 aliphatic rings. The zero-order valence-electron chi connectivity index (χ0n) is 13.9. The maximum absolute atomic E-state index is 12.5. The number of ether oxygens (including phenoxy) is 1. The maximum Gasteiger partial charge on any atom is 0.254 e. The van der Waals surface area contributed by atoms with Gasteiger partial charge >= 0.3 is 0 Å². The zero-order chi connectivity index (χ0) is 16.4. The first-order chi connectivity index (χ1) is 11.1. The van der Waals surface area contributed by atoms with Crippen molar-refractivity contribution in [1.82, 2.24) is 14.5 Å². The predicted molar refractivity (Wildman–Crippen MR) is 88.7 cm³/mol. The van der Waals surface area contributed by atoms with Crippen LogP contribution < -0.4 is 4.74 Å². The molecule has 0 N–H and O–H groups in total. The Hall–Kier alpha value is -2.30. The molecule has 1 aromatic heterocycles. The molecule has 0 saturated carbocycles. The van der Waals surface area contributed by atoms with Gasteiger partial charge < -0.3 is 14.2 Å². The number of likely N-dealkylation sites (tertiary alicyclic amines) is 1. The summed E-state index contributed by atoms with van der Waals surface area (Å²) in [7, 11) is 1.61. The van der Waals surface area contributed by atoms with Crippen LogP contribution in [-0.4, -0.2) is 40.6 Å². The highest BCUT2D eigenvalue weighted by molar-refractivity contribution is 5.95. The molecule has 0 aliphatic carbocycles. The Morgan fingerprint density at radius 2 is 2.17 bits per heavy atom. The Kier molecular flexibility index (Phi) is 4.37. The van der Waals surface area contributed by atoms with E-state index < -0.39 is 0 Å². The highest BCUT2D eigenvalue weighted by Gasteiger charge is 2.31. The van der Waals surface area contributed by atoms with Crippen molar-refractivity contribution in [2.45, 2.75) is 26.3 Å². The summed E-state index contributed by atoms with van der Waals surface area (Å²) in [6, 6.07) is 7.33. The minimum atomic E-state index is 0.0786. The van der Waals surface area contributed by atoms with Gasteiger partial charge in [-0.1, -0.05) is 19.9 Å². The minimum absolute atomic E-state index is 0.0786. The number of hydrogen-bond donors (Lipinski definition) is 0. The van der Waals surface area contributed by atoms with Gasteiger partial charge in [0.1, 0.15) is 11.6 Å². The molecule has 23 heavy (non-hydrogen) atoms. The van der Waals surface area contributed by atoms with Crippen LogP contribution in [0.15, 0.2) is 36.7 Å². The molecule has 1 fully saturated rings. The first-order valence-corrected chi connectivity index (χ1v) is 8.03. The van der Waals surface area contributed by atoms with Gasteiger partial charge in [0.15, 0.2) is 0 Å². The number of hydrogen-bond acceptors (Lipinski definition) is 3. The van der Waals surface area contributed by atoms with Crippen molar-refractivity contribution in [2.24, 2.45) is 5.92 Å². The Morgan fingerprint density at radius 3 is 2.87 bits per heavy atom. The molecular weight excluding hydrogens is 290 g/mol. The summed E-state index contributed by atoms with van der Waals surface area (Å²) in [5.74, 6) is 2.82. The van der Waals surface area contributed by atoms with Gasteiger partial charge in [0, 0.05) is 49.4 Å². The van der Waals surface area contributed by atoms with Crippen LogP contribution >= 0.6 is 0 Å². The molecule has 0 atom stereocenters. The second-order valence-corrected chi connectivity index (χ2v) is 6.40. The number of nitrogens with zero attached hydrogens (tertiary/aromatic N) is 3. The van der Waals surface area contributed by atoms with Crippen LogP contribution in [0.3, 0.4) is 0 Å². The number of rotatable bonds is 5. The fourth-order valence-corrected chi connectivity index (χ4v) is 3.04. The van der Waals surface area contributed by atoms with Gasteiger partial charge in [-0.3, -0.25) is 4.79 Å². The van der Waals surface area contributed by atoms with Crippen molar-refractivity contribution in [2.75, 3.05) is 20.2 Å². The molecule has 3 rings (SSSR count). The normalized spacial score (nSPS) is 14.9. The molecule has 5 nitrogen and oxygen atoms in total. The van der Waals surface area contributed by atoms with E-state index in [0.29, 0.717) is 23.1 Å². The fourth-order valence-electron chi connectivity index (χ4n) is 3.04. The van der Waals surface area contributed by atoms with Gasteiger partial charge in [-0.25, -0.2) is 4.98 Å². The lowest BCUT2D eigenvalue weighted by molar-refractivity contribution is 0.0466. The van der Waals surface area contributed by atoms with E-state index >= 15 is 0 Å². The average Bonchev–Trinajstić information content (AvgIpc) is 2.98. The van der Waals surface area contributed by atoms with E-state index in [2.05, 4.69) is 23.4 Å². The van der Waals surface area contributed by atoms with E-state index in [9.17, 15) is 4.79 Å². The monoisotopic (exact) mass is 313 g/mol. The number of carbonyl (C=O) groups is 1. The number of carbonyl (C=O) groups excluding carboxylic acids is 1. The third-order valence-corrected chi connectivity index (χ3v) is 4.28. The van der Waals surface area contributed by atoms with Crippen molar-refractivity contribution in [1.29, 1.82) is 0 Å². The van der Waals surface area contributed by atoms with Crippen LogP contribution in [0, 0.1) is 5.92 Å². The van der Waals surface area contributed by atoms with E-state index in [4.69, 9.17) is 4.74 Å². The summed E-state index contributed by atoms with van der Waals surface area (Å²) < 4.78 is 7.39. The third-order valence-electron chi connectivity index (χ3n) is 4.28. The molecule has 1 aromatic carbocycles. The third kappa shape index (κ3) is 3.23. The predicted octanol–water partition coefficient (Wildman–Crippen LogP) is 2.79. The number of imidazole rings is 1. The molecule has 122 valence electrons. The summed E-state index contributed by atoms with van der Waals surface area (Å²) in [5.41, 5.74) is 0.688. The summed E-state index contributed by atoms with van der Waals surface area (Å²) in [6.07, 6.45) is 3.88. The lowest BCUT2D eigenvalue weighted by Crippen LogP contribution is -2.51. The molecule has 0 unspecified atom stereocenters. The highest BCUT2D eigenvalue weighted by atomic mass is 16.5. The molecule has 1 amide bonds. The minimum Gasteiger partial charge on any atom is -0.497 e. The summed E-state index contributed by atoms with van der Waals surface area (Å²) in [5, 5.41) is 0. The SMILES string of the molecule is COc1cccc(C(=O)N2CC(Cn3ccnc3C(C)C)C2)c1. The zero-order valence-corrected chi connectivity index (χ0v) is 13.9. The molecular formula is C18H23N3O2. The highest BCUT2D eigenvalue weighted by Crippen LogP contribution is 2.23. The van der Waals surface area contributed by atoms with E-state index in [0.717, 1.165) is 25.5 Å². The summed E-state index contributed by atoms with van der Waals surface area (Å²) in [6.45, 7) is 6.82. The lowest BCUT2D eigenvalue weighted by atomic mass is 9.98. The molecule has 5 heteroatoms. The largest absolute Gasteiger partial charge is 0.497 e. The van der Waals surface area contributed by atoms with Crippen LogP contribution in [0.1, 0.15) is 35.9 Å². The first kappa shape index (κ1) is 15.6. The first-order valence-electron chi connectivity index (χ1n) is 8.03. The van der Waals surface area contributed by atoms with E-state index in [-0.39, 0.29) is 5.91 Å². The van der Waals surface area contributed by atoms with Crippen molar-refractivity contribution in [3.63, 3.8) is 0 Å². The van der Waals surface area contributed by atoms with Gasteiger partial charge in [-0.2, -0.15) is 0 Å². The second-order valence-electron chi connectivity index (χ2n) is 6.40. The van der Waals surface area contributed by atoms with Gasteiger partial charge in [0.25, 0.3) is 5.91 Å². The molecule has 1 saturated heterocycles. The Morgan fingerprint density at radius 1 is 1.39 bits per heavy atom. The number of benzene rings is 1. The van der Waals surface area contributed by atoms with Crippen LogP contribution in [0.4, 0.5) is 0 Å². The van der Waals surface area contributed by atoms with E-state index in [1.165, 1.54) is 0 Å².